The second kappa shape index (κ2) is 7.41. The fraction of sp³-hybridized carbons (Fsp3) is 0.286. The van der Waals surface area contributed by atoms with Gasteiger partial charge in [-0.05, 0) is 29.7 Å². The lowest BCUT2D eigenvalue weighted by Gasteiger charge is -2.21. The molecule has 0 bridgehead atoms. The fourth-order valence-electron chi connectivity index (χ4n) is 3.97. The van der Waals surface area contributed by atoms with E-state index in [0.29, 0.717) is 12.1 Å². The Kier molecular flexibility index (Phi) is 4.95. The molecule has 1 amide bonds. The maximum absolute atomic E-state index is 12.8. The first-order chi connectivity index (χ1) is 13.5. The van der Waals surface area contributed by atoms with Crippen LogP contribution in [0.2, 0.25) is 0 Å². The number of carbonyl (C=O) groups excluding carboxylic acids is 1. The summed E-state index contributed by atoms with van der Waals surface area (Å²) in [6, 6.07) is 16.8. The lowest BCUT2D eigenvalue weighted by atomic mass is 10.0. The van der Waals surface area contributed by atoms with Crippen LogP contribution in [0.25, 0.3) is 10.9 Å². The van der Waals surface area contributed by atoms with Gasteiger partial charge in [0.2, 0.25) is 0 Å². The van der Waals surface area contributed by atoms with Gasteiger partial charge in [0.25, 0.3) is 5.91 Å². The first kappa shape index (κ1) is 18.7. The van der Waals surface area contributed by atoms with Gasteiger partial charge in [-0.3, -0.25) is 4.79 Å². The van der Waals surface area contributed by atoms with Gasteiger partial charge in [0.1, 0.15) is 5.69 Å². The van der Waals surface area contributed by atoms with Crippen molar-refractivity contribution in [3.8, 4) is 0 Å². The van der Waals surface area contributed by atoms with Crippen LogP contribution >= 0.6 is 0 Å². The number of hydrogen-bond acceptors (Lipinski definition) is 4. The predicted molar refractivity (Wildman–Crippen MR) is 108 cm³/mol. The number of sulfone groups is 1. The van der Waals surface area contributed by atoms with Crippen LogP contribution in [-0.4, -0.2) is 48.6 Å². The quantitative estimate of drug-likeness (QED) is 0.591. The highest BCUT2D eigenvalue weighted by Crippen LogP contribution is 2.34. The van der Waals surface area contributed by atoms with Gasteiger partial charge < -0.3 is 15.4 Å². The Hall–Kier alpha value is -2.64. The summed E-state index contributed by atoms with van der Waals surface area (Å²) in [4.78, 5) is 15.9. The monoisotopic (exact) mass is 398 g/mol. The summed E-state index contributed by atoms with van der Waals surface area (Å²) in [5.74, 6) is -0.948. The van der Waals surface area contributed by atoms with Crippen molar-refractivity contribution in [2.75, 3.05) is 18.1 Å². The average molecular weight is 398 g/mol. The Bertz CT molecular complexity index is 1090. The van der Waals surface area contributed by atoms with Gasteiger partial charge in [0.15, 0.2) is 9.84 Å². The average Bonchev–Trinajstić information content (AvgIpc) is 3.23. The number of benzene rings is 2. The summed E-state index contributed by atoms with van der Waals surface area (Å²) >= 11 is 0. The van der Waals surface area contributed by atoms with E-state index in [1.807, 2.05) is 48.5 Å². The van der Waals surface area contributed by atoms with Gasteiger partial charge in [0, 0.05) is 22.9 Å². The number of hydrogen-bond donors (Lipinski definition) is 3. The van der Waals surface area contributed by atoms with E-state index < -0.39 is 16.4 Å². The Morgan fingerprint density at radius 3 is 2.68 bits per heavy atom. The summed E-state index contributed by atoms with van der Waals surface area (Å²) in [7, 11) is -3.42. The number of rotatable bonds is 6. The molecule has 0 spiro atoms. The number of amides is 1. The van der Waals surface area contributed by atoms with Crippen LogP contribution in [0, 0.1) is 0 Å². The van der Waals surface area contributed by atoms with E-state index in [4.69, 9.17) is 5.11 Å². The zero-order valence-electron chi connectivity index (χ0n) is 15.3. The molecular formula is C21H22N2O4S. The van der Waals surface area contributed by atoms with Gasteiger partial charge in [-0.25, -0.2) is 8.42 Å². The van der Waals surface area contributed by atoms with E-state index in [1.54, 1.807) is 6.07 Å². The number of carbonyl (C=O) groups is 1. The Labute approximate surface area is 163 Å². The van der Waals surface area contributed by atoms with Crippen LogP contribution in [-0.2, 0) is 16.3 Å². The highest BCUT2D eigenvalue weighted by atomic mass is 32.2. The van der Waals surface area contributed by atoms with E-state index in [9.17, 15) is 13.2 Å². The minimum absolute atomic E-state index is 0.0950. The second-order valence-corrected chi connectivity index (χ2v) is 9.43. The van der Waals surface area contributed by atoms with Crippen LogP contribution < -0.4 is 5.32 Å². The maximum atomic E-state index is 12.8. The van der Waals surface area contributed by atoms with Gasteiger partial charge in [-0.15, -0.1) is 0 Å². The van der Waals surface area contributed by atoms with Gasteiger partial charge in [-0.1, -0.05) is 42.5 Å². The van der Waals surface area contributed by atoms with E-state index in [-0.39, 0.29) is 29.4 Å². The topological polar surface area (TPSA) is 99.3 Å². The van der Waals surface area contributed by atoms with Crippen LogP contribution in [0.4, 0.5) is 0 Å². The number of nitrogens with one attached hydrogen (secondary N) is 2. The zero-order chi connectivity index (χ0) is 19.7. The summed E-state index contributed by atoms with van der Waals surface area (Å²) in [5, 5.41) is 13.0. The largest absolute Gasteiger partial charge is 0.395 e. The molecule has 0 saturated heterocycles. The molecule has 0 unspecified atom stereocenters. The van der Waals surface area contributed by atoms with E-state index in [0.717, 1.165) is 22.0 Å². The van der Waals surface area contributed by atoms with Crippen LogP contribution in [0.1, 0.15) is 27.5 Å². The SMILES string of the molecule is O=C(N[C@@H]1Cc2ccccc2[C@H]1CS(=O)(=O)CCO)c1cc2ccccc2[nH]1. The molecule has 0 fully saturated rings. The fourth-order valence-corrected chi connectivity index (χ4v) is 5.38. The molecule has 2 atom stereocenters. The van der Waals surface area contributed by atoms with Crippen molar-refractivity contribution in [1.82, 2.24) is 10.3 Å². The normalized spacial score (nSPS) is 18.9. The third-order valence-corrected chi connectivity index (χ3v) is 6.98. The molecule has 0 saturated carbocycles. The van der Waals surface area contributed by atoms with Crippen molar-refractivity contribution >= 4 is 26.6 Å². The van der Waals surface area contributed by atoms with E-state index >= 15 is 0 Å². The minimum Gasteiger partial charge on any atom is -0.395 e. The van der Waals surface area contributed by atoms with E-state index in [1.165, 1.54) is 0 Å². The van der Waals surface area contributed by atoms with Crippen molar-refractivity contribution < 1.29 is 18.3 Å². The number of fused-ring (bicyclic) bond motifs is 2. The smallest absolute Gasteiger partial charge is 0.267 e. The van der Waals surface area contributed by atoms with Gasteiger partial charge in [-0.2, -0.15) is 0 Å². The summed E-state index contributed by atoms with van der Waals surface area (Å²) < 4.78 is 24.7. The van der Waals surface area contributed by atoms with Crippen molar-refractivity contribution in [2.24, 2.45) is 0 Å². The van der Waals surface area contributed by atoms with Crippen LogP contribution in [0.15, 0.2) is 54.6 Å². The number of aliphatic hydroxyl groups is 1. The number of aromatic amines is 1. The highest BCUT2D eigenvalue weighted by molar-refractivity contribution is 7.91. The molecular weight excluding hydrogens is 376 g/mol. The third-order valence-electron chi connectivity index (χ3n) is 5.31. The molecule has 3 aromatic rings. The predicted octanol–water partition coefficient (Wildman–Crippen LogP) is 2.01. The van der Waals surface area contributed by atoms with Gasteiger partial charge in [0.05, 0.1) is 18.1 Å². The molecule has 28 heavy (non-hydrogen) atoms. The lowest BCUT2D eigenvalue weighted by molar-refractivity contribution is 0.0930. The lowest BCUT2D eigenvalue weighted by Crippen LogP contribution is -2.40. The summed E-state index contributed by atoms with van der Waals surface area (Å²) in [6.45, 7) is -0.400. The molecule has 1 aromatic heterocycles. The molecule has 1 heterocycles. The van der Waals surface area contributed by atoms with Crippen molar-refractivity contribution in [1.29, 1.82) is 0 Å². The molecule has 1 aliphatic carbocycles. The highest BCUT2D eigenvalue weighted by Gasteiger charge is 2.36. The van der Waals surface area contributed by atoms with Crippen molar-refractivity contribution in [2.45, 2.75) is 18.4 Å². The zero-order valence-corrected chi connectivity index (χ0v) is 16.1. The molecule has 0 aliphatic heterocycles. The summed E-state index contributed by atoms with van der Waals surface area (Å²) in [5.41, 5.74) is 3.33. The number of aromatic nitrogens is 1. The van der Waals surface area contributed by atoms with Crippen molar-refractivity contribution in [3.63, 3.8) is 0 Å². The molecule has 0 radical (unpaired) electrons. The van der Waals surface area contributed by atoms with Crippen molar-refractivity contribution in [3.05, 3.63) is 71.4 Å². The second-order valence-electron chi connectivity index (χ2n) is 7.20. The van der Waals surface area contributed by atoms with E-state index in [2.05, 4.69) is 10.3 Å². The van der Waals surface area contributed by atoms with Crippen LogP contribution in [0.5, 0.6) is 0 Å². The Morgan fingerprint density at radius 2 is 1.89 bits per heavy atom. The molecule has 146 valence electrons. The first-order valence-electron chi connectivity index (χ1n) is 9.24. The number of H-pyrrole nitrogens is 1. The molecule has 4 rings (SSSR count). The molecule has 3 N–H and O–H groups in total. The Morgan fingerprint density at radius 1 is 1.14 bits per heavy atom. The Balaban J connectivity index is 1.59. The number of para-hydroxylation sites is 1. The number of aliphatic hydroxyl groups excluding tert-OH is 1. The summed E-state index contributed by atoms with van der Waals surface area (Å²) in [6.07, 6.45) is 0.585. The molecule has 2 aromatic carbocycles. The van der Waals surface area contributed by atoms with Gasteiger partial charge >= 0.3 is 0 Å². The van der Waals surface area contributed by atoms with Crippen LogP contribution in [0.3, 0.4) is 0 Å². The molecule has 1 aliphatic rings. The molecule has 6 nitrogen and oxygen atoms in total. The third kappa shape index (κ3) is 3.68. The first-order valence-corrected chi connectivity index (χ1v) is 11.1. The maximum Gasteiger partial charge on any atom is 0.267 e. The molecule has 7 heteroatoms. The standard InChI is InChI=1S/C21H22N2O4S/c24-9-10-28(26,27)13-17-16-7-3-1-5-14(16)11-19(17)23-21(25)20-12-15-6-2-4-8-18(15)22-20/h1-8,12,17,19,22,24H,9-11,13H2,(H,23,25)/t17-,19-/m1/s1. The minimum atomic E-state index is -3.42.